The number of Topliss-reactive ketones (excluding diaryl/α,β-unsaturated/α-hetero) is 1. The molecule has 2 rings (SSSR count). The lowest BCUT2D eigenvalue weighted by Gasteiger charge is -2.32. The Morgan fingerprint density at radius 1 is 1.56 bits per heavy atom. The number of primary amides is 1. The molecule has 1 fully saturated rings. The summed E-state index contributed by atoms with van der Waals surface area (Å²) < 4.78 is 6.12. The Hall–Kier alpha value is -0.760. The van der Waals surface area contributed by atoms with Gasteiger partial charge < -0.3 is 10.5 Å². The number of halogens is 1. The van der Waals surface area contributed by atoms with E-state index in [0.717, 1.165) is 3.79 Å². The molecule has 1 aliphatic rings. The van der Waals surface area contributed by atoms with Gasteiger partial charge in [-0.1, -0.05) is 0 Å². The largest absolute Gasteiger partial charge is 0.378 e. The third-order valence-electron chi connectivity index (χ3n) is 2.76. The number of ether oxygens (including phenoxy) is 1. The Morgan fingerprint density at radius 3 is 2.94 bits per heavy atom. The molecule has 1 amide bonds. The van der Waals surface area contributed by atoms with Crippen LogP contribution in [-0.4, -0.2) is 48.9 Å². The van der Waals surface area contributed by atoms with Gasteiger partial charge in [-0.25, -0.2) is 0 Å². The summed E-state index contributed by atoms with van der Waals surface area (Å²) in [4.78, 5) is 25.8. The highest BCUT2D eigenvalue weighted by Gasteiger charge is 2.29. The molecule has 98 valence electrons. The molecule has 1 aromatic heterocycles. The van der Waals surface area contributed by atoms with Gasteiger partial charge in [0.05, 0.1) is 28.4 Å². The molecule has 1 atom stereocenters. The van der Waals surface area contributed by atoms with Gasteiger partial charge in [0, 0.05) is 6.54 Å². The number of nitrogens with zero attached hydrogens (tertiary/aromatic N) is 1. The molecular weight excluding hydrogens is 320 g/mol. The predicted molar refractivity (Wildman–Crippen MR) is 71.7 cm³/mol. The van der Waals surface area contributed by atoms with Crippen LogP contribution in [0.1, 0.15) is 9.67 Å². The molecular formula is C11H13BrN2O3S. The van der Waals surface area contributed by atoms with Gasteiger partial charge in [0.2, 0.25) is 5.91 Å². The minimum atomic E-state index is -0.508. The highest BCUT2D eigenvalue weighted by atomic mass is 79.9. The van der Waals surface area contributed by atoms with Crippen molar-refractivity contribution in [2.24, 2.45) is 5.73 Å². The number of carbonyl (C=O) groups excluding carboxylic acids is 2. The van der Waals surface area contributed by atoms with Gasteiger partial charge in [-0.15, -0.1) is 11.3 Å². The van der Waals surface area contributed by atoms with E-state index < -0.39 is 11.9 Å². The summed E-state index contributed by atoms with van der Waals surface area (Å²) in [7, 11) is 0. The van der Waals surface area contributed by atoms with Gasteiger partial charge >= 0.3 is 0 Å². The molecule has 0 aromatic carbocycles. The van der Waals surface area contributed by atoms with Crippen LogP contribution >= 0.6 is 27.3 Å². The number of hydrogen-bond donors (Lipinski definition) is 1. The summed E-state index contributed by atoms with van der Waals surface area (Å²) in [6.07, 6.45) is 0. The Bertz CT molecular complexity index is 463. The first-order valence-electron chi connectivity index (χ1n) is 5.47. The second kappa shape index (κ2) is 5.92. The second-order valence-corrected chi connectivity index (χ2v) is 6.45. The number of carbonyl (C=O) groups is 2. The van der Waals surface area contributed by atoms with E-state index in [2.05, 4.69) is 15.9 Å². The van der Waals surface area contributed by atoms with Crippen LogP contribution in [0, 0.1) is 0 Å². The topological polar surface area (TPSA) is 72.6 Å². The molecule has 2 N–H and O–H groups in total. The van der Waals surface area contributed by atoms with Crippen molar-refractivity contribution in [1.29, 1.82) is 0 Å². The molecule has 0 spiro atoms. The molecule has 0 saturated carbocycles. The second-order valence-electron chi connectivity index (χ2n) is 3.99. The minimum Gasteiger partial charge on any atom is -0.378 e. The molecule has 1 saturated heterocycles. The van der Waals surface area contributed by atoms with Crippen LogP contribution in [0.15, 0.2) is 15.9 Å². The van der Waals surface area contributed by atoms with Gasteiger partial charge in [-0.2, -0.15) is 0 Å². The van der Waals surface area contributed by atoms with Crippen LogP contribution in [0.25, 0.3) is 0 Å². The van der Waals surface area contributed by atoms with Crippen molar-refractivity contribution in [3.05, 3.63) is 20.8 Å². The van der Waals surface area contributed by atoms with Gasteiger partial charge in [0.25, 0.3) is 0 Å². The summed E-state index contributed by atoms with van der Waals surface area (Å²) in [6, 6.07) is 3.10. The van der Waals surface area contributed by atoms with E-state index in [1.807, 2.05) is 6.07 Å². The average molecular weight is 333 g/mol. The molecule has 18 heavy (non-hydrogen) atoms. The standard InChI is InChI=1S/C11H13BrN2O3S/c12-10-2-1-9(18-10)8(15)5-14-3-4-17-6-7(14)11(13)16/h1-2,7H,3-6H2,(H2,13,16). The van der Waals surface area contributed by atoms with Crippen molar-refractivity contribution in [3.8, 4) is 0 Å². The number of thiophene rings is 1. The molecule has 0 aliphatic carbocycles. The molecule has 2 heterocycles. The minimum absolute atomic E-state index is 0.00106. The fourth-order valence-electron chi connectivity index (χ4n) is 1.82. The van der Waals surface area contributed by atoms with Crippen LogP contribution in [0.4, 0.5) is 0 Å². The number of amides is 1. The Balaban J connectivity index is 2.03. The zero-order valence-corrected chi connectivity index (χ0v) is 12.0. The lowest BCUT2D eigenvalue weighted by atomic mass is 10.2. The van der Waals surface area contributed by atoms with Crippen LogP contribution in [0.5, 0.6) is 0 Å². The Kier molecular flexibility index (Phi) is 4.50. The average Bonchev–Trinajstić information content (AvgIpc) is 2.76. The molecule has 0 bridgehead atoms. The monoisotopic (exact) mass is 332 g/mol. The smallest absolute Gasteiger partial charge is 0.237 e. The van der Waals surface area contributed by atoms with Gasteiger partial charge in [0.15, 0.2) is 5.78 Å². The molecule has 1 unspecified atom stereocenters. The first-order valence-corrected chi connectivity index (χ1v) is 7.08. The number of rotatable bonds is 4. The van der Waals surface area contributed by atoms with Crippen molar-refractivity contribution in [2.75, 3.05) is 26.3 Å². The number of morpholine rings is 1. The predicted octanol–water partition coefficient (Wildman–Crippen LogP) is 0.879. The van der Waals surface area contributed by atoms with E-state index in [9.17, 15) is 9.59 Å². The van der Waals surface area contributed by atoms with Crippen molar-refractivity contribution in [1.82, 2.24) is 4.90 Å². The molecule has 0 radical (unpaired) electrons. The lowest BCUT2D eigenvalue weighted by Crippen LogP contribution is -2.53. The van der Waals surface area contributed by atoms with E-state index in [1.54, 1.807) is 11.0 Å². The SMILES string of the molecule is NC(=O)C1COCCN1CC(=O)c1ccc(Br)s1. The Morgan fingerprint density at radius 2 is 2.33 bits per heavy atom. The summed E-state index contributed by atoms with van der Waals surface area (Å²) in [5, 5.41) is 0. The van der Waals surface area contributed by atoms with Crippen molar-refractivity contribution in [2.45, 2.75) is 6.04 Å². The maximum atomic E-state index is 12.0. The Labute approximate surface area is 117 Å². The highest BCUT2D eigenvalue weighted by Crippen LogP contribution is 2.23. The lowest BCUT2D eigenvalue weighted by molar-refractivity contribution is -0.128. The number of nitrogens with two attached hydrogens (primary N) is 1. The van der Waals surface area contributed by atoms with Crippen molar-refractivity contribution < 1.29 is 14.3 Å². The summed E-state index contributed by atoms with van der Waals surface area (Å²) in [5.74, 6) is -0.450. The zero-order chi connectivity index (χ0) is 13.1. The zero-order valence-electron chi connectivity index (χ0n) is 9.60. The van der Waals surface area contributed by atoms with Crippen molar-refractivity contribution >= 4 is 39.0 Å². The quantitative estimate of drug-likeness (QED) is 0.831. The van der Waals surface area contributed by atoms with E-state index in [1.165, 1.54) is 11.3 Å². The third kappa shape index (κ3) is 3.17. The fourth-order valence-corrected chi connectivity index (χ4v) is 3.13. The van der Waals surface area contributed by atoms with Crippen LogP contribution < -0.4 is 5.73 Å². The van der Waals surface area contributed by atoms with Gasteiger partial charge in [-0.05, 0) is 28.1 Å². The normalized spacial score (nSPS) is 20.8. The third-order valence-corrected chi connectivity index (χ3v) is 4.43. The summed E-state index contributed by atoms with van der Waals surface area (Å²) in [6.45, 7) is 1.53. The van der Waals surface area contributed by atoms with E-state index in [4.69, 9.17) is 10.5 Å². The molecule has 1 aromatic rings. The van der Waals surface area contributed by atoms with E-state index in [0.29, 0.717) is 18.0 Å². The van der Waals surface area contributed by atoms with Crippen molar-refractivity contribution in [3.63, 3.8) is 0 Å². The van der Waals surface area contributed by atoms with Gasteiger partial charge in [-0.3, -0.25) is 14.5 Å². The molecule has 5 nitrogen and oxygen atoms in total. The molecule has 7 heteroatoms. The fraction of sp³-hybridized carbons (Fsp3) is 0.455. The number of hydrogen-bond acceptors (Lipinski definition) is 5. The number of ketones is 1. The van der Waals surface area contributed by atoms with Crippen LogP contribution in [-0.2, 0) is 9.53 Å². The highest BCUT2D eigenvalue weighted by molar-refractivity contribution is 9.11. The molecule has 1 aliphatic heterocycles. The first kappa shape index (κ1) is 13.7. The van der Waals surface area contributed by atoms with E-state index in [-0.39, 0.29) is 18.9 Å². The van der Waals surface area contributed by atoms with E-state index >= 15 is 0 Å². The summed E-state index contributed by atoms with van der Waals surface area (Å²) in [5.41, 5.74) is 5.30. The first-order chi connectivity index (χ1) is 8.58. The maximum absolute atomic E-state index is 12.0. The van der Waals surface area contributed by atoms with Gasteiger partial charge in [0.1, 0.15) is 6.04 Å². The van der Waals surface area contributed by atoms with Crippen LogP contribution in [0.3, 0.4) is 0 Å². The summed E-state index contributed by atoms with van der Waals surface area (Å²) >= 11 is 4.71. The van der Waals surface area contributed by atoms with Crippen LogP contribution in [0.2, 0.25) is 0 Å². The maximum Gasteiger partial charge on any atom is 0.237 e.